The number of nitrogens with zero attached hydrogens (tertiary/aromatic N) is 4. The van der Waals surface area contributed by atoms with Crippen LogP contribution in [0, 0.1) is 0 Å². The molecule has 4 N–H and O–H groups in total. The van der Waals surface area contributed by atoms with E-state index in [0.29, 0.717) is 79.8 Å². The molecular weight excluding hydrogens is 1340 g/mol. The number of rotatable bonds is 19. The molecule has 8 aromatic rings. The molecular formula is C54H52Br4N6O10S4. The van der Waals surface area contributed by atoms with Crippen molar-refractivity contribution in [3.63, 3.8) is 0 Å². The summed E-state index contributed by atoms with van der Waals surface area (Å²) in [6, 6.07) is 24.7. The Balaban J connectivity index is 0.000000199. The fourth-order valence-electron chi connectivity index (χ4n) is 7.46. The van der Waals surface area contributed by atoms with Crippen molar-refractivity contribution < 1.29 is 37.6 Å². The Morgan fingerprint density at radius 3 is 1.27 bits per heavy atom. The summed E-state index contributed by atoms with van der Waals surface area (Å²) in [6.07, 6.45) is 10.9. The van der Waals surface area contributed by atoms with Crippen LogP contribution in [0.25, 0.3) is 22.3 Å². The molecule has 6 aromatic heterocycles. The second-order valence-electron chi connectivity index (χ2n) is 16.3. The number of pyridine rings is 6. The number of benzene rings is 2. The Morgan fingerprint density at radius 2 is 0.897 bits per heavy atom. The number of aromatic hydroxyl groups is 2. The van der Waals surface area contributed by atoms with Crippen LogP contribution in [-0.4, -0.2) is 77.0 Å². The van der Waals surface area contributed by atoms with E-state index in [-0.39, 0.29) is 26.8 Å². The van der Waals surface area contributed by atoms with Gasteiger partial charge >= 0.3 is 0 Å². The van der Waals surface area contributed by atoms with Crippen LogP contribution < -0.4 is 30.1 Å². The molecule has 78 heavy (non-hydrogen) atoms. The number of halogens is 4. The van der Waals surface area contributed by atoms with E-state index in [1.54, 1.807) is 90.8 Å². The predicted molar refractivity (Wildman–Crippen MR) is 321 cm³/mol. The molecule has 0 aliphatic rings. The van der Waals surface area contributed by atoms with Gasteiger partial charge in [0, 0.05) is 54.1 Å². The number of aryl methyl sites for hydroxylation is 2. The Kier molecular flexibility index (Phi) is 23.6. The minimum Gasteiger partial charge on any atom is -0.506 e. The third-order valence-electron chi connectivity index (χ3n) is 11.1. The van der Waals surface area contributed by atoms with Crippen molar-refractivity contribution >= 4 is 107 Å². The van der Waals surface area contributed by atoms with Crippen LogP contribution in [0.3, 0.4) is 0 Å². The van der Waals surface area contributed by atoms with Gasteiger partial charge in [-0.3, -0.25) is 9.59 Å². The fourth-order valence-corrected chi connectivity index (χ4v) is 12.2. The first kappa shape index (κ1) is 61.9. The molecule has 16 nitrogen and oxygen atoms in total. The van der Waals surface area contributed by atoms with Crippen LogP contribution in [0.1, 0.15) is 50.9 Å². The van der Waals surface area contributed by atoms with E-state index >= 15 is 0 Å². The summed E-state index contributed by atoms with van der Waals surface area (Å²) in [6.45, 7) is 4.06. The van der Waals surface area contributed by atoms with Crippen molar-refractivity contribution in [1.82, 2.24) is 29.9 Å². The van der Waals surface area contributed by atoms with Gasteiger partial charge < -0.3 is 39.1 Å². The predicted octanol–water partition coefficient (Wildman–Crippen LogP) is 14.3. The number of methoxy groups -OCH3 is 4. The number of hydrogen-bond donors (Lipinski definition) is 4. The van der Waals surface area contributed by atoms with E-state index in [9.17, 15) is 28.2 Å². The number of unbranched alkanes of at least 4 members (excludes halogenated alkanes) is 2. The average Bonchev–Trinajstić information content (AvgIpc) is 3.53. The van der Waals surface area contributed by atoms with Crippen LogP contribution >= 0.6 is 97.1 Å². The molecule has 0 saturated heterocycles. The Bertz CT molecular complexity index is 3450. The summed E-state index contributed by atoms with van der Waals surface area (Å²) in [5.74, 6) is 1.03. The Hall–Kier alpha value is -5.34. The number of H-pyrrole nitrogens is 2. The maximum atomic E-state index is 13.3. The van der Waals surface area contributed by atoms with Crippen molar-refractivity contribution in [2.24, 2.45) is 0 Å². The second kappa shape index (κ2) is 29.8. The van der Waals surface area contributed by atoms with E-state index in [1.807, 2.05) is 43.3 Å². The van der Waals surface area contributed by atoms with Crippen LogP contribution in [0.15, 0.2) is 167 Å². The van der Waals surface area contributed by atoms with Crippen LogP contribution in [0.4, 0.5) is 0 Å². The minimum atomic E-state index is -4.43. The highest BCUT2D eigenvalue weighted by Gasteiger charge is 2.33. The molecule has 0 spiro atoms. The lowest BCUT2D eigenvalue weighted by molar-refractivity contribution is 0.395. The lowest BCUT2D eigenvalue weighted by Crippen LogP contribution is -2.21. The summed E-state index contributed by atoms with van der Waals surface area (Å²) in [5.41, 5.74) is 1.36. The first-order valence-electron chi connectivity index (χ1n) is 23.6. The zero-order valence-electron chi connectivity index (χ0n) is 42.7. The highest BCUT2D eigenvalue weighted by molar-refractivity contribution is 9.11. The summed E-state index contributed by atoms with van der Waals surface area (Å²) in [4.78, 5) is 47.5. The molecule has 0 atom stereocenters. The van der Waals surface area contributed by atoms with Gasteiger partial charge in [-0.1, -0.05) is 50.6 Å². The average molecular weight is 1390 g/mol. The number of nitrogens with one attached hydrogen (secondary N) is 2. The highest BCUT2D eigenvalue weighted by Crippen LogP contribution is 2.48. The molecule has 2 aromatic carbocycles. The van der Waals surface area contributed by atoms with Gasteiger partial charge in [0.1, 0.15) is 54.5 Å². The second-order valence-corrected chi connectivity index (χ2v) is 25.0. The molecule has 0 bridgehead atoms. The molecule has 410 valence electrons. The molecule has 0 aliphatic heterocycles. The van der Waals surface area contributed by atoms with E-state index < -0.39 is 26.0 Å². The molecule has 0 fully saturated rings. The molecule has 0 saturated carbocycles. The fraction of sp³-hybridized carbons (Fsp3) is 0.222. The quantitative estimate of drug-likeness (QED) is 0.0552. The number of aromatic amines is 2. The SMILES string of the molecule is Brc1ccc(SSc2ccc(Br)cn2)nc1.CCCCc1[nH]c(=O)c(S(=O)(=O)c2ccc(Br)cn2)c(O)c1-c1c(OC)cccc1OC.CCCCc1[nH]c(=O)c(Sc2ccc(Br)cn2)c(O)c1-c1c(OC)cccc1OC. The number of hydrogen-bond acceptors (Lipinski definition) is 17. The topological polar surface area (TPSA) is 229 Å². The smallest absolute Gasteiger partial charge is 0.271 e. The molecule has 0 aliphatic carbocycles. The van der Waals surface area contributed by atoms with Gasteiger partial charge in [-0.2, -0.15) is 0 Å². The zero-order valence-corrected chi connectivity index (χ0v) is 52.3. The van der Waals surface area contributed by atoms with Crippen LogP contribution in [-0.2, 0) is 22.7 Å². The van der Waals surface area contributed by atoms with Gasteiger partial charge in [0.2, 0.25) is 9.84 Å². The first-order valence-corrected chi connectivity index (χ1v) is 31.2. The number of ether oxygens (including phenoxy) is 4. The van der Waals surface area contributed by atoms with Crippen LogP contribution in [0.5, 0.6) is 34.5 Å². The maximum absolute atomic E-state index is 13.3. The number of aromatic nitrogens is 6. The lowest BCUT2D eigenvalue weighted by atomic mass is 9.98. The van der Waals surface area contributed by atoms with Gasteiger partial charge in [-0.05, 0) is 184 Å². The standard InChI is InChI=1S/C22H23BrN2O6S.C22H23BrN2O4S.C10H6Br2N2S2/c1-4-5-7-14-18(19-15(30-2)8-6-9-16(19)31-3)20(26)21(22(27)25-14)32(28,29)17-11-10-13(23)12-24-17;1-4-5-7-14-18(19-15(28-2)8-6-9-16(19)29-3)20(26)21(22(27)25-14)30-17-11-10-13(23)12-24-17;11-7-1-3-9(13-5-7)15-16-10-4-2-8(12)6-14-10/h6,8-12H,4-5,7H2,1-3H3,(H2,25,26,27);6,8-12H,4-5,7H2,1-3H3,(H2,25,26,27);1-6H. The maximum Gasteiger partial charge on any atom is 0.271 e. The molecule has 6 heterocycles. The zero-order chi connectivity index (χ0) is 56.5. The van der Waals surface area contributed by atoms with Crippen LogP contribution in [0.2, 0.25) is 0 Å². The van der Waals surface area contributed by atoms with E-state index in [4.69, 9.17) is 18.9 Å². The van der Waals surface area contributed by atoms with E-state index in [2.05, 4.69) is 101 Å². The van der Waals surface area contributed by atoms with Gasteiger partial charge in [0.15, 0.2) is 9.92 Å². The Labute approximate surface area is 497 Å². The van der Waals surface area contributed by atoms with Crippen molar-refractivity contribution in [3.05, 3.63) is 160 Å². The molecule has 0 amide bonds. The van der Waals surface area contributed by atoms with E-state index in [0.717, 1.165) is 54.5 Å². The van der Waals surface area contributed by atoms with Gasteiger partial charge in [0.05, 0.1) is 50.7 Å². The minimum absolute atomic E-state index is 0.109. The van der Waals surface area contributed by atoms with Crippen molar-refractivity contribution in [2.45, 2.75) is 82.3 Å². The normalized spacial score (nSPS) is 10.9. The first-order chi connectivity index (χ1) is 37.5. The lowest BCUT2D eigenvalue weighted by Gasteiger charge is -2.19. The summed E-state index contributed by atoms with van der Waals surface area (Å²) in [7, 11) is 4.79. The summed E-state index contributed by atoms with van der Waals surface area (Å²) < 4.78 is 52.0. The monoisotopic (exact) mass is 1390 g/mol. The van der Waals surface area contributed by atoms with Crippen molar-refractivity contribution in [2.75, 3.05) is 28.4 Å². The number of sulfone groups is 1. The Morgan fingerprint density at radius 1 is 0.513 bits per heavy atom. The third-order valence-corrected chi connectivity index (χ3v) is 17.9. The third kappa shape index (κ3) is 15.7. The van der Waals surface area contributed by atoms with Gasteiger partial charge in [-0.15, -0.1) is 0 Å². The summed E-state index contributed by atoms with van der Waals surface area (Å²) in [5, 5.41) is 24.7. The summed E-state index contributed by atoms with van der Waals surface area (Å²) >= 11 is 14.4. The largest absolute Gasteiger partial charge is 0.506 e. The van der Waals surface area contributed by atoms with Crippen molar-refractivity contribution in [3.8, 4) is 56.8 Å². The molecule has 0 unspecified atom stereocenters. The van der Waals surface area contributed by atoms with Crippen molar-refractivity contribution in [1.29, 1.82) is 0 Å². The molecule has 8 rings (SSSR count). The van der Waals surface area contributed by atoms with E-state index in [1.165, 1.54) is 32.5 Å². The van der Waals surface area contributed by atoms with Gasteiger partial charge in [0.25, 0.3) is 11.1 Å². The molecule has 24 heteroatoms. The highest BCUT2D eigenvalue weighted by atomic mass is 79.9. The molecule has 0 radical (unpaired) electrons. The van der Waals surface area contributed by atoms with Gasteiger partial charge in [-0.25, -0.2) is 28.4 Å².